The summed E-state index contributed by atoms with van der Waals surface area (Å²) >= 11 is 0. The molecule has 6 nitrogen and oxygen atoms in total. The van der Waals surface area contributed by atoms with Gasteiger partial charge in [-0.1, -0.05) is 37.3 Å². The van der Waals surface area contributed by atoms with E-state index in [0.29, 0.717) is 30.4 Å². The van der Waals surface area contributed by atoms with Crippen LogP contribution in [0.1, 0.15) is 30.1 Å². The first kappa shape index (κ1) is 16.5. The van der Waals surface area contributed by atoms with Crippen molar-refractivity contribution in [2.24, 2.45) is 0 Å². The third-order valence-corrected chi connectivity index (χ3v) is 4.21. The van der Waals surface area contributed by atoms with E-state index in [4.69, 9.17) is 9.15 Å². The predicted octanol–water partition coefficient (Wildman–Crippen LogP) is 2.59. The van der Waals surface area contributed by atoms with E-state index in [1.54, 1.807) is 0 Å². The number of rotatable bonds is 6. The van der Waals surface area contributed by atoms with Crippen molar-refractivity contribution in [3.63, 3.8) is 0 Å². The van der Waals surface area contributed by atoms with Crippen LogP contribution in [0.2, 0.25) is 0 Å². The molecule has 24 heavy (non-hydrogen) atoms. The summed E-state index contributed by atoms with van der Waals surface area (Å²) in [7, 11) is 0. The van der Waals surface area contributed by atoms with Crippen molar-refractivity contribution in [2.45, 2.75) is 19.4 Å². The van der Waals surface area contributed by atoms with Gasteiger partial charge in [0.25, 0.3) is 0 Å². The smallest absolute Gasteiger partial charge is 0.232 e. The fourth-order valence-electron chi connectivity index (χ4n) is 2.92. The highest BCUT2D eigenvalue weighted by Gasteiger charge is 2.23. The molecule has 1 aliphatic heterocycles. The van der Waals surface area contributed by atoms with Gasteiger partial charge in [0.15, 0.2) is 5.89 Å². The molecule has 0 unspecified atom stereocenters. The van der Waals surface area contributed by atoms with Gasteiger partial charge in [-0.05, 0) is 5.56 Å². The lowest BCUT2D eigenvalue weighted by Crippen LogP contribution is -2.41. The summed E-state index contributed by atoms with van der Waals surface area (Å²) in [6, 6.07) is 12.7. The summed E-state index contributed by atoms with van der Waals surface area (Å²) in [4.78, 5) is 6.58. The lowest BCUT2D eigenvalue weighted by molar-refractivity contribution is 0.0186. The van der Waals surface area contributed by atoms with E-state index in [2.05, 4.69) is 33.4 Å². The van der Waals surface area contributed by atoms with Gasteiger partial charge in [-0.25, -0.2) is 4.98 Å². The number of ether oxygens (including phenoxy) is 1. The molecule has 1 saturated heterocycles. The minimum Gasteiger partial charge on any atom is -0.424 e. The molecular formula is C18H22N4O2. The molecule has 0 radical (unpaired) electrons. The number of hydrogen-bond donors (Lipinski definition) is 1. The third kappa shape index (κ3) is 3.75. The minimum atomic E-state index is 0.191. The molecule has 1 aromatic carbocycles. The SMILES string of the molecule is CCc1nc(C#N)c(NC[C@@H](c2ccccc2)N2CCOCC2)o1. The van der Waals surface area contributed by atoms with E-state index in [1.807, 2.05) is 25.1 Å². The van der Waals surface area contributed by atoms with Crippen LogP contribution < -0.4 is 5.32 Å². The van der Waals surface area contributed by atoms with Gasteiger partial charge in [-0.15, -0.1) is 0 Å². The molecule has 1 atom stereocenters. The van der Waals surface area contributed by atoms with Crippen molar-refractivity contribution >= 4 is 5.88 Å². The molecule has 6 heteroatoms. The number of nitrogens with one attached hydrogen (secondary N) is 1. The quantitative estimate of drug-likeness (QED) is 0.879. The van der Waals surface area contributed by atoms with E-state index < -0.39 is 0 Å². The zero-order valence-corrected chi connectivity index (χ0v) is 13.9. The summed E-state index contributed by atoms with van der Waals surface area (Å²) in [5.41, 5.74) is 1.56. The van der Waals surface area contributed by atoms with E-state index in [0.717, 1.165) is 26.3 Å². The normalized spacial score (nSPS) is 16.5. The fourth-order valence-corrected chi connectivity index (χ4v) is 2.92. The molecule has 3 rings (SSSR count). The van der Waals surface area contributed by atoms with E-state index >= 15 is 0 Å². The lowest BCUT2D eigenvalue weighted by Gasteiger charge is -2.34. The van der Waals surface area contributed by atoms with Crippen molar-refractivity contribution in [1.29, 1.82) is 5.26 Å². The highest BCUT2D eigenvalue weighted by atomic mass is 16.5. The number of morpholine rings is 1. The molecule has 0 bridgehead atoms. The van der Waals surface area contributed by atoms with E-state index in [-0.39, 0.29) is 6.04 Å². The van der Waals surface area contributed by atoms with Crippen LogP contribution in [0.25, 0.3) is 0 Å². The molecule has 1 N–H and O–H groups in total. The van der Waals surface area contributed by atoms with Gasteiger partial charge in [0.2, 0.25) is 11.6 Å². The highest BCUT2D eigenvalue weighted by Crippen LogP contribution is 2.24. The van der Waals surface area contributed by atoms with Crippen LogP contribution >= 0.6 is 0 Å². The average Bonchev–Trinajstić information content (AvgIpc) is 3.06. The van der Waals surface area contributed by atoms with Gasteiger partial charge >= 0.3 is 0 Å². The largest absolute Gasteiger partial charge is 0.424 e. The number of oxazole rings is 1. The Morgan fingerprint density at radius 3 is 2.71 bits per heavy atom. The zero-order chi connectivity index (χ0) is 16.8. The van der Waals surface area contributed by atoms with Crippen LogP contribution in [0.3, 0.4) is 0 Å². The standard InChI is InChI=1S/C18H22N4O2/c1-2-17-21-15(12-19)18(24-17)20-13-16(14-6-4-3-5-7-14)22-8-10-23-11-9-22/h3-7,16,20H,2,8-11,13H2,1H3/t16-/m0/s1. The summed E-state index contributed by atoms with van der Waals surface area (Å²) < 4.78 is 11.1. The maximum Gasteiger partial charge on any atom is 0.232 e. The first-order chi connectivity index (χ1) is 11.8. The van der Waals surface area contributed by atoms with Crippen LogP contribution in [0.4, 0.5) is 5.88 Å². The number of nitrogens with zero attached hydrogens (tertiary/aromatic N) is 3. The monoisotopic (exact) mass is 326 g/mol. The predicted molar refractivity (Wildman–Crippen MR) is 90.7 cm³/mol. The lowest BCUT2D eigenvalue weighted by atomic mass is 10.0. The molecule has 2 aromatic rings. The molecule has 2 heterocycles. The molecule has 1 fully saturated rings. The Hall–Kier alpha value is -2.36. The van der Waals surface area contributed by atoms with Crippen molar-refractivity contribution in [3.05, 3.63) is 47.5 Å². The first-order valence-corrected chi connectivity index (χ1v) is 8.32. The maximum absolute atomic E-state index is 9.22. The Balaban J connectivity index is 1.77. The second kappa shape index (κ2) is 7.95. The summed E-state index contributed by atoms with van der Waals surface area (Å²) in [5, 5.41) is 12.5. The number of hydrogen-bond acceptors (Lipinski definition) is 6. The second-order valence-corrected chi connectivity index (χ2v) is 5.71. The van der Waals surface area contributed by atoms with Crippen LogP contribution in [0, 0.1) is 11.3 Å². The van der Waals surface area contributed by atoms with Gasteiger partial charge in [-0.2, -0.15) is 5.26 Å². The molecule has 126 valence electrons. The zero-order valence-electron chi connectivity index (χ0n) is 13.9. The average molecular weight is 326 g/mol. The maximum atomic E-state index is 9.22. The molecule has 0 amide bonds. The molecular weight excluding hydrogens is 304 g/mol. The van der Waals surface area contributed by atoms with Crippen LogP contribution in [0.15, 0.2) is 34.7 Å². The van der Waals surface area contributed by atoms with Gasteiger partial charge in [0, 0.05) is 26.1 Å². The van der Waals surface area contributed by atoms with Crippen LogP contribution in [-0.4, -0.2) is 42.7 Å². The van der Waals surface area contributed by atoms with E-state index in [1.165, 1.54) is 5.56 Å². The highest BCUT2D eigenvalue weighted by molar-refractivity contribution is 5.45. The van der Waals surface area contributed by atoms with Crippen molar-refractivity contribution < 1.29 is 9.15 Å². The Morgan fingerprint density at radius 2 is 2.04 bits per heavy atom. The number of aromatic nitrogens is 1. The van der Waals surface area contributed by atoms with Crippen LogP contribution in [0.5, 0.6) is 0 Å². The molecule has 1 aromatic heterocycles. The number of aryl methyl sites for hydroxylation is 1. The van der Waals surface area contributed by atoms with Gasteiger partial charge in [0.1, 0.15) is 6.07 Å². The summed E-state index contributed by atoms with van der Waals surface area (Å²) in [6.45, 7) is 5.88. The fraction of sp³-hybridized carbons (Fsp3) is 0.444. The Kier molecular flexibility index (Phi) is 5.47. The Morgan fingerprint density at radius 1 is 1.29 bits per heavy atom. The van der Waals surface area contributed by atoms with E-state index in [9.17, 15) is 5.26 Å². The summed E-state index contributed by atoms with van der Waals surface area (Å²) in [5.74, 6) is 1.04. The molecule has 0 spiro atoms. The van der Waals surface area contributed by atoms with Gasteiger partial charge < -0.3 is 14.5 Å². The van der Waals surface area contributed by atoms with Crippen LogP contribution in [-0.2, 0) is 11.2 Å². The third-order valence-electron chi connectivity index (χ3n) is 4.21. The minimum absolute atomic E-state index is 0.191. The van der Waals surface area contributed by atoms with Gasteiger partial charge in [-0.3, -0.25) is 4.90 Å². The van der Waals surface area contributed by atoms with Crippen molar-refractivity contribution in [2.75, 3.05) is 38.2 Å². The second-order valence-electron chi connectivity index (χ2n) is 5.71. The number of anilines is 1. The Labute approximate surface area is 142 Å². The first-order valence-electron chi connectivity index (χ1n) is 8.32. The Bertz CT molecular complexity index is 687. The number of nitriles is 1. The van der Waals surface area contributed by atoms with Gasteiger partial charge in [0.05, 0.1) is 19.3 Å². The topological polar surface area (TPSA) is 74.3 Å². The molecule has 0 aliphatic carbocycles. The summed E-state index contributed by atoms with van der Waals surface area (Å²) in [6.07, 6.45) is 0.669. The van der Waals surface area contributed by atoms with Crippen molar-refractivity contribution in [1.82, 2.24) is 9.88 Å². The molecule has 1 aliphatic rings. The molecule has 0 saturated carbocycles. The van der Waals surface area contributed by atoms with Crippen molar-refractivity contribution in [3.8, 4) is 6.07 Å². The number of benzene rings is 1.